The summed E-state index contributed by atoms with van der Waals surface area (Å²) >= 11 is 0. The first-order valence-corrected chi connectivity index (χ1v) is 10.7. The number of benzene rings is 2. The van der Waals surface area contributed by atoms with Crippen molar-refractivity contribution in [2.45, 2.75) is 25.8 Å². The molecule has 174 valence electrons. The summed E-state index contributed by atoms with van der Waals surface area (Å²) in [6.07, 6.45) is 6.37. The molecule has 0 saturated heterocycles. The van der Waals surface area contributed by atoms with E-state index < -0.39 is 11.3 Å². The number of carbonyl (C=O) groups is 1. The number of methoxy groups -OCH3 is 1. The summed E-state index contributed by atoms with van der Waals surface area (Å²) in [7, 11) is 1.60. The van der Waals surface area contributed by atoms with Crippen LogP contribution in [0.15, 0.2) is 55.1 Å². The van der Waals surface area contributed by atoms with Crippen molar-refractivity contribution in [1.82, 2.24) is 24.5 Å². The molecule has 0 saturated carbocycles. The van der Waals surface area contributed by atoms with E-state index in [2.05, 4.69) is 20.6 Å². The number of nitrogens with one attached hydrogen (secondary N) is 2. The number of ether oxygens (including phenoxy) is 1. The van der Waals surface area contributed by atoms with E-state index in [1.807, 2.05) is 35.9 Å². The van der Waals surface area contributed by atoms with Gasteiger partial charge in [-0.25, -0.2) is 14.9 Å². The van der Waals surface area contributed by atoms with Gasteiger partial charge >= 0.3 is 0 Å². The maximum Gasteiger partial charge on any atom is 0.249 e. The second kappa shape index (κ2) is 8.71. The third kappa shape index (κ3) is 4.03. The van der Waals surface area contributed by atoms with Crippen LogP contribution in [0.25, 0.3) is 16.9 Å². The van der Waals surface area contributed by atoms with Crippen molar-refractivity contribution in [1.29, 1.82) is 0 Å². The van der Waals surface area contributed by atoms with E-state index in [4.69, 9.17) is 4.74 Å². The molecule has 5 rings (SSSR count). The SMILES string of the molecule is COc1cc(-c2cn(C3CCc4cc([NH+]([O-])O)ccc4NC3=O)nn2)ccc1-n1cnc(C)c1. The summed E-state index contributed by atoms with van der Waals surface area (Å²) in [4.78, 5) is 17.2. The second-order valence-corrected chi connectivity index (χ2v) is 8.11. The summed E-state index contributed by atoms with van der Waals surface area (Å²) in [5, 5.41) is 30.9. The Morgan fingerprint density at radius 2 is 2.09 bits per heavy atom. The number of rotatable bonds is 5. The second-order valence-electron chi connectivity index (χ2n) is 8.11. The molecule has 3 N–H and O–H groups in total. The average Bonchev–Trinajstić information content (AvgIpc) is 3.45. The molecule has 3 heterocycles. The van der Waals surface area contributed by atoms with E-state index in [0.29, 0.717) is 30.0 Å². The highest BCUT2D eigenvalue weighted by atomic mass is 16.8. The zero-order chi connectivity index (χ0) is 23.8. The topological polar surface area (TPSA) is 135 Å². The molecule has 0 radical (unpaired) electrons. The molecule has 11 heteroatoms. The quantitative estimate of drug-likeness (QED) is 0.387. The summed E-state index contributed by atoms with van der Waals surface area (Å²) in [6.45, 7) is 1.92. The first-order chi connectivity index (χ1) is 16.4. The van der Waals surface area contributed by atoms with Crippen LogP contribution >= 0.6 is 0 Å². The predicted octanol–water partition coefficient (Wildman–Crippen LogP) is 1.98. The van der Waals surface area contributed by atoms with Crippen molar-refractivity contribution in [3.63, 3.8) is 0 Å². The first-order valence-electron chi connectivity index (χ1n) is 10.7. The molecule has 2 aromatic heterocycles. The number of fused-ring (bicyclic) bond motifs is 1. The predicted molar refractivity (Wildman–Crippen MR) is 122 cm³/mol. The standard InChI is InChI=1S/C23H23N7O4/c1-14-11-28(13-24-14)20-7-3-16(10-22(20)34-2)19-12-29(27-26-19)21-8-4-15-9-17(30(32)33)5-6-18(15)25-23(21)31/h3,5-7,9-13,21,30,32H,4,8H2,1-2H3,(H,25,31). The Morgan fingerprint density at radius 3 is 2.82 bits per heavy atom. The summed E-state index contributed by atoms with van der Waals surface area (Å²) in [5.41, 5.74) is 4.75. The molecule has 34 heavy (non-hydrogen) atoms. The molecule has 0 spiro atoms. The van der Waals surface area contributed by atoms with Crippen LogP contribution in [0.1, 0.15) is 23.7 Å². The van der Waals surface area contributed by atoms with Crippen LogP contribution in [0, 0.1) is 12.1 Å². The molecule has 2 atom stereocenters. The van der Waals surface area contributed by atoms with Crippen LogP contribution in [0.4, 0.5) is 11.4 Å². The summed E-state index contributed by atoms with van der Waals surface area (Å²) in [5.74, 6) is 0.433. The maximum absolute atomic E-state index is 12.9. The lowest BCUT2D eigenvalue weighted by Crippen LogP contribution is -2.99. The Balaban J connectivity index is 1.40. The van der Waals surface area contributed by atoms with Gasteiger partial charge in [0, 0.05) is 29.6 Å². The zero-order valence-corrected chi connectivity index (χ0v) is 18.6. The monoisotopic (exact) mass is 461 g/mol. The van der Waals surface area contributed by atoms with Gasteiger partial charge in [0.1, 0.15) is 17.5 Å². The van der Waals surface area contributed by atoms with Crippen molar-refractivity contribution in [3.05, 3.63) is 71.6 Å². The number of amides is 1. The van der Waals surface area contributed by atoms with Crippen LogP contribution in [0.5, 0.6) is 5.75 Å². The van der Waals surface area contributed by atoms with E-state index >= 15 is 0 Å². The van der Waals surface area contributed by atoms with Gasteiger partial charge in [-0.2, -0.15) is 5.23 Å². The molecule has 2 aromatic carbocycles. The number of carbonyl (C=O) groups excluding carboxylic acids is 1. The van der Waals surface area contributed by atoms with Gasteiger partial charge in [0.05, 0.1) is 31.0 Å². The number of aryl methyl sites for hydroxylation is 2. The smallest absolute Gasteiger partial charge is 0.249 e. The van der Waals surface area contributed by atoms with E-state index in [1.54, 1.807) is 36.4 Å². The Morgan fingerprint density at radius 1 is 1.24 bits per heavy atom. The number of quaternary nitrogens is 1. The number of hydrogen-bond donors (Lipinski definition) is 3. The van der Waals surface area contributed by atoms with Crippen molar-refractivity contribution >= 4 is 17.3 Å². The lowest BCUT2D eigenvalue weighted by molar-refractivity contribution is -0.991. The number of aromatic nitrogens is 5. The first kappa shape index (κ1) is 21.8. The lowest BCUT2D eigenvalue weighted by atomic mass is 10.1. The Bertz CT molecular complexity index is 1360. The van der Waals surface area contributed by atoms with Crippen LogP contribution in [-0.4, -0.2) is 42.8 Å². The van der Waals surface area contributed by atoms with Crippen LogP contribution in [0.3, 0.4) is 0 Å². The molecule has 11 nitrogen and oxygen atoms in total. The van der Waals surface area contributed by atoms with E-state index in [9.17, 15) is 15.2 Å². The van der Waals surface area contributed by atoms with E-state index in [-0.39, 0.29) is 11.6 Å². The third-order valence-electron chi connectivity index (χ3n) is 5.89. The van der Waals surface area contributed by atoms with Gasteiger partial charge in [0.25, 0.3) is 0 Å². The minimum Gasteiger partial charge on any atom is -0.595 e. The normalized spacial score (nSPS) is 16.5. The number of anilines is 1. The largest absolute Gasteiger partial charge is 0.595 e. The lowest BCUT2D eigenvalue weighted by Gasteiger charge is -2.14. The molecule has 1 aliphatic heterocycles. The fourth-order valence-corrected chi connectivity index (χ4v) is 4.11. The molecule has 4 aromatic rings. The Labute approximate surface area is 194 Å². The minimum atomic E-state index is -1.000. The highest BCUT2D eigenvalue weighted by Gasteiger charge is 2.27. The number of nitrogens with zero attached hydrogens (tertiary/aromatic N) is 5. The van der Waals surface area contributed by atoms with Crippen molar-refractivity contribution in [3.8, 4) is 22.7 Å². The van der Waals surface area contributed by atoms with Gasteiger partial charge in [0.15, 0.2) is 5.69 Å². The van der Waals surface area contributed by atoms with Gasteiger partial charge in [0.2, 0.25) is 5.91 Å². The number of imidazole rings is 1. The molecular formula is C23H23N7O4. The van der Waals surface area contributed by atoms with Crippen molar-refractivity contribution in [2.75, 3.05) is 12.4 Å². The van der Waals surface area contributed by atoms with Gasteiger partial charge < -0.3 is 19.8 Å². The molecule has 0 bridgehead atoms. The average molecular weight is 461 g/mol. The molecule has 0 fully saturated rings. The fraction of sp³-hybridized carbons (Fsp3) is 0.217. The highest BCUT2D eigenvalue weighted by molar-refractivity contribution is 5.95. The van der Waals surface area contributed by atoms with Crippen LogP contribution in [0.2, 0.25) is 0 Å². The molecule has 1 amide bonds. The van der Waals surface area contributed by atoms with Crippen molar-refractivity contribution in [2.24, 2.45) is 0 Å². The number of hydrogen-bond acceptors (Lipinski definition) is 7. The molecular weight excluding hydrogens is 438 g/mol. The minimum absolute atomic E-state index is 0.192. The Hall–Kier alpha value is -4.06. The third-order valence-corrected chi connectivity index (χ3v) is 5.89. The fourth-order valence-electron chi connectivity index (χ4n) is 4.11. The Kier molecular flexibility index (Phi) is 5.57. The van der Waals surface area contributed by atoms with Crippen molar-refractivity contribution < 1.29 is 20.0 Å². The van der Waals surface area contributed by atoms with Gasteiger partial charge in [-0.1, -0.05) is 11.3 Å². The summed E-state index contributed by atoms with van der Waals surface area (Å²) in [6, 6.07) is 9.84. The van der Waals surface area contributed by atoms with Gasteiger partial charge in [-0.3, -0.25) is 4.79 Å². The van der Waals surface area contributed by atoms with Gasteiger partial charge in [-0.15, -0.1) is 5.10 Å². The highest BCUT2D eigenvalue weighted by Crippen LogP contribution is 2.31. The van der Waals surface area contributed by atoms with Gasteiger partial charge in [-0.05, 0) is 43.5 Å². The molecule has 0 aliphatic carbocycles. The molecule has 2 unspecified atom stereocenters. The van der Waals surface area contributed by atoms with E-state index in [1.165, 1.54) is 6.07 Å². The van der Waals surface area contributed by atoms with Crippen LogP contribution in [-0.2, 0) is 11.2 Å². The zero-order valence-electron chi connectivity index (χ0n) is 18.6. The maximum atomic E-state index is 12.9. The summed E-state index contributed by atoms with van der Waals surface area (Å²) < 4.78 is 9.02. The van der Waals surface area contributed by atoms with Crippen LogP contribution < -0.4 is 15.3 Å². The van der Waals surface area contributed by atoms with E-state index in [0.717, 1.165) is 22.5 Å². The molecule has 1 aliphatic rings.